The van der Waals surface area contributed by atoms with Gasteiger partial charge in [-0.3, -0.25) is 9.69 Å². The summed E-state index contributed by atoms with van der Waals surface area (Å²) in [6, 6.07) is -0.317. The highest BCUT2D eigenvalue weighted by Crippen LogP contribution is 2.42. The second-order valence-corrected chi connectivity index (χ2v) is 5.13. The zero-order valence-corrected chi connectivity index (χ0v) is 9.93. The molecule has 2 aliphatic heterocycles. The van der Waals surface area contributed by atoms with Gasteiger partial charge >= 0.3 is 0 Å². The Kier molecular flexibility index (Phi) is 2.64. The molecule has 1 amide bonds. The molecule has 2 atom stereocenters. The fourth-order valence-electron chi connectivity index (χ4n) is 2.10. The molecule has 0 aromatic carbocycles. The van der Waals surface area contributed by atoms with E-state index in [4.69, 9.17) is 5.73 Å². The molecule has 0 saturated carbocycles. The van der Waals surface area contributed by atoms with Crippen molar-refractivity contribution in [3.8, 4) is 0 Å². The highest BCUT2D eigenvalue weighted by Gasteiger charge is 2.49. The first kappa shape index (κ1) is 10.8. The van der Waals surface area contributed by atoms with Crippen molar-refractivity contribution in [3.63, 3.8) is 0 Å². The number of carbonyl (C=O) groups excluding carboxylic acids is 1. The third-order valence-electron chi connectivity index (χ3n) is 2.92. The van der Waals surface area contributed by atoms with E-state index in [-0.39, 0.29) is 17.3 Å². The van der Waals surface area contributed by atoms with Crippen LogP contribution >= 0.6 is 11.8 Å². The van der Waals surface area contributed by atoms with Crippen LogP contribution in [0.1, 0.15) is 20.3 Å². The quantitative estimate of drug-likeness (QED) is 0.722. The van der Waals surface area contributed by atoms with Crippen LogP contribution < -0.4 is 5.73 Å². The monoisotopic (exact) mass is 224 g/mol. The lowest BCUT2D eigenvalue weighted by atomic mass is 9.99. The first-order chi connectivity index (χ1) is 7.07. The number of carbonyl (C=O) groups is 1. The maximum atomic E-state index is 11.7. The lowest BCUT2D eigenvalue weighted by Gasteiger charge is -2.49. The Morgan fingerprint density at radius 3 is 2.93 bits per heavy atom. The molecule has 0 aromatic heterocycles. The molecule has 3 nitrogen and oxygen atoms in total. The highest BCUT2D eigenvalue weighted by atomic mass is 32.2. The first-order valence-corrected chi connectivity index (χ1v) is 6.21. The number of nitrogens with zero attached hydrogens (tertiary/aromatic N) is 1. The van der Waals surface area contributed by atoms with Crippen LogP contribution in [-0.4, -0.2) is 28.0 Å². The van der Waals surface area contributed by atoms with Gasteiger partial charge in [0.15, 0.2) is 0 Å². The van der Waals surface area contributed by atoms with Crippen LogP contribution in [0.25, 0.3) is 0 Å². The van der Waals surface area contributed by atoms with Crippen molar-refractivity contribution in [2.24, 2.45) is 5.73 Å². The Morgan fingerprint density at radius 2 is 2.40 bits per heavy atom. The van der Waals surface area contributed by atoms with Crippen LogP contribution in [0.3, 0.4) is 0 Å². The Balaban J connectivity index is 2.38. The van der Waals surface area contributed by atoms with Crippen LogP contribution in [0.2, 0.25) is 0 Å². The van der Waals surface area contributed by atoms with E-state index in [1.165, 1.54) is 5.57 Å². The van der Waals surface area contributed by atoms with Gasteiger partial charge in [0.05, 0.1) is 0 Å². The molecule has 2 heterocycles. The zero-order chi connectivity index (χ0) is 11.2. The molecule has 4 heteroatoms. The number of fused-ring (bicyclic) bond motifs is 1. The Bertz CT molecular complexity index is 362. The Hall–Kier alpha value is -0.740. The first-order valence-electron chi connectivity index (χ1n) is 5.16. The van der Waals surface area contributed by atoms with Crippen molar-refractivity contribution >= 4 is 17.7 Å². The van der Waals surface area contributed by atoms with Crippen molar-refractivity contribution in [3.05, 3.63) is 23.4 Å². The highest BCUT2D eigenvalue weighted by molar-refractivity contribution is 8.00. The zero-order valence-electron chi connectivity index (χ0n) is 9.12. The molecule has 1 fully saturated rings. The molecule has 0 radical (unpaired) electrons. The van der Waals surface area contributed by atoms with Crippen LogP contribution in [0.4, 0.5) is 0 Å². The maximum absolute atomic E-state index is 11.7. The molecular weight excluding hydrogens is 208 g/mol. The molecule has 1 saturated heterocycles. The van der Waals surface area contributed by atoms with Crippen molar-refractivity contribution in [1.82, 2.24) is 4.90 Å². The predicted octanol–water partition coefficient (Wildman–Crippen LogP) is 1.47. The van der Waals surface area contributed by atoms with Crippen LogP contribution in [0, 0.1) is 0 Å². The largest absolute Gasteiger partial charge is 0.317 e. The molecule has 82 valence electrons. The topological polar surface area (TPSA) is 46.3 Å². The molecular formula is C11H16N2OS. The second kappa shape index (κ2) is 3.68. The number of hydrogen-bond donors (Lipinski definition) is 1. The molecule has 2 N–H and O–H groups in total. The van der Waals surface area contributed by atoms with E-state index in [2.05, 4.69) is 13.5 Å². The number of β-lactam (4-membered cyclic amide) rings is 1. The number of allylic oxidation sites excluding steroid dienone is 1. The number of thioether (sulfide) groups is 1. The molecule has 0 aromatic rings. The second-order valence-electron chi connectivity index (χ2n) is 4.02. The van der Waals surface area contributed by atoms with E-state index in [1.807, 2.05) is 11.8 Å². The van der Waals surface area contributed by atoms with E-state index in [1.54, 1.807) is 11.8 Å². The minimum Gasteiger partial charge on any atom is -0.317 e. The molecule has 2 aliphatic rings. The average molecular weight is 224 g/mol. The van der Waals surface area contributed by atoms with Gasteiger partial charge in [-0.1, -0.05) is 13.5 Å². The number of nitrogens with two attached hydrogens (primary N) is 1. The minimum absolute atomic E-state index is 0.0381. The average Bonchev–Trinajstić information content (AvgIpc) is 2.25. The van der Waals surface area contributed by atoms with Gasteiger partial charge in [-0.15, -0.1) is 11.8 Å². The van der Waals surface area contributed by atoms with Gasteiger partial charge in [-0.25, -0.2) is 0 Å². The Morgan fingerprint density at radius 1 is 1.73 bits per heavy atom. The minimum atomic E-state index is -0.317. The normalized spacial score (nSPS) is 30.1. The summed E-state index contributed by atoms with van der Waals surface area (Å²) >= 11 is 1.76. The van der Waals surface area contributed by atoms with Crippen molar-refractivity contribution < 1.29 is 4.79 Å². The van der Waals surface area contributed by atoms with Gasteiger partial charge in [-0.05, 0) is 24.5 Å². The lowest BCUT2D eigenvalue weighted by Crippen LogP contribution is -2.67. The smallest absolute Gasteiger partial charge is 0.247 e. The van der Waals surface area contributed by atoms with Gasteiger partial charge < -0.3 is 5.73 Å². The fraction of sp³-hybridized carbons (Fsp3) is 0.545. The SMILES string of the molecule is C=C(C)C1=C(CC)CSC2C(N)C(=O)N12. The summed E-state index contributed by atoms with van der Waals surface area (Å²) in [5.41, 5.74) is 9.08. The molecule has 0 spiro atoms. The maximum Gasteiger partial charge on any atom is 0.247 e. The molecule has 0 aliphatic carbocycles. The summed E-state index contributed by atoms with van der Waals surface area (Å²) in [5, 5.41) is 0.138. The van der Waals surface area contributed by atoms with E-state index < -0.39 is 0 Å². The molecule has 2 unspecified atom stereocenters. The summed E-state index contributed by atoms with van der Waals surface area (Å²) in [4.78, 5) is 13.5. The summed E-state index contributed by atoms with van der Waals surface area (Å²) in [6.07, 6.45) is 0.973. The van der Waals surface area contributed by atoms with E-state index in [9.17, 15) is 4.79 Å². The van der Waals surface area contributed by atoms with Crippen molar-refractivity contribution in [2.45, 2.75) is 31.7 Å². The Labute approximate surface area is 94.4 Å². The number of amides is 1. The summed E-state index contributed by atoms with van der Waals surface area (Å²) in [6.45, 7) is 8.02. The van der Waals surface area contributed by atoms with Gasteiger partial charge in [0.25, 0.3) is 0 Å². The van der Waals surface area contributed by atoms with E-state index in [0.717, 1.165) is 23.4 Å². The van der Waals surface area contributed by atoms with Gasteiger partial charge in [0, 0.05) is 11.4 Å². The van der Waals surface area contributed by atoms with Gasteiger partial charge in [0.2, 0.25) is 5.91 Å². The number of hydrogen-bond acceptors (Lipinski definition) is 3. The summed E-state index contributed by atoms with van der Waals surface area (Å²) < 4.78 is 0. The molecule has 0 bridgehead atoms. The van der Waals surface area contributed by atoms with E-state index >= 15 is 0 Å². The third-order valence-corrected chi connectivity index (χ3v) is 4.28. The standard InChI is InChI=1S/C11H16N2OS/c1-4-7-5-15-11-8(12)10(14)13(11)9(7)6(2)3/h8,11H,2,4-5,12H2,1,3H3. The fourth-order valence-corrected chi connectivity index (χ4v) is 3.50. The van der Waals surface area contributed by atoms with Crippen LogP contribution in [-0.2, 0) is 4.79 Å². The van der Waals surface area contributed by atoms with Crippen molar-refractivity contribution in [2.75, 3.05) is 5.75 Å². The molecule has 2 rings (SSSR count). The third kappa shape index (κ3) is 1.43. The summed E-state index contributed by atoms with van der Waals surface area (Å²) in [7, 11) is 0. The summed E-state index contributed by atoms with van der Waals surface area (Å²) in [5.74, 6) is 1.01. The van der Waals surface area contributed by atoms with Gasteiger partial charge in [-0.2, -0.15) is 0 Å². The van der Waals surface area contributed by atoms with Crippen LogP contribution in [0.5, 0.6) is 0 Å². The predicted molar refractivity (Wildman–Crippen MR) is 63.2 cm³/mol. The van der Waals surface area contributed by atoms with Crippen molar-refractivity contribution in [1.29, 1.82) is 0 Å². The lowest BCUT2D eigenvalue weighted by molar-refractivity contribution is -0.141. The van der Waals surface area contributed by atoms with E-state index in [0.29, 0.717) is 0 Å². The molecule has 15 heavy (non-hydrogen) atoms. The van der Waals surface area contributed by atoms with Gasteiger partial charge in [0.1, 0.15) is 11.4 Å². The number of rotatable bonds is 2. The van der Waals surface area contributed by atoms with Crippen LogP contribution in [0.15, 0.2) is 23.4 Å².